The second-order valence-electron chi connectivity index (χ2n) is 5.48. The summed E-state index contributed by atoms with van der Waals surface area (Å²) in [6, 6.07) is 3.79. The molecule has 2 aliphatic heterocycles. The topological polar surface area (TPSA) is 38.7 Å². The van der Waals surface area contributed by atoms with Gasteiger partial charge in [0.2, 0.25) is 0 Å². The van der Waals surface area contributed by atoms with Gasteiger partial charge in [-0.1, -0.05) is 11.6 Å². The zero-order valence-electron chi connectivity index (χ0n) is 10.8. The molecule has 1 spiro atoms. The van der Waals surface area contributed by atoms with Gasteiger partial charge in [0.25, 0.3) is 0 Å². The van der Waals surface area contributed by atoms with Gasteiger partial charge in [-0.3, -0.25) is 0 Å². The van der Waals surface area contributed by atoms with E-state index in [0.29, 0.717) is 0 Å². The first-order valence-electron chi connectivity index (χ1n) is 6.84. The van der Waals surface area contributed by atoms with Crippen LogP contribution in [-0.2, 0) is 9.47 Å². The van der Waals surface area contributed by atoms with Crippen LogP contribution in [0.2, 0.25) is 4.34 Å². The van der Waals surface area contributed by atoms with Crippen molar-refractivity contribution in [2.75, 3.05) is 19.8 Å². The van der Waals surface area contributed by atoms with Gasteiger partial charge in [0, 0.05) is 24.7 Å². The van der Waals surface area contributed by atoms with E-state index in [2.05, 4.69) is 0 Å². The summed E-state index contributed by atoms with van der Waals surface area (Å²) in [4.78, 5) is 0.971. The number of aliphatic hydroxyl groups excluding tert-OH is 1. The predicted molar refractivity (Wildman–Crippen MR) is 75.7 cm³/mol. The molecule has 0 aromatic carbocycles. The van der Waals surface area contributed by atoms with E-state index in [1.54, 1.807) is 0 Å². The van der Waals surface area contributed by atoms with Crippen LogP contribution in [0, 0.1) is 5.92 Å². The van der Waals surface area contributed by atoms with Gasteiger partial charge in [0.15, 0.2) is 0 Å². The molecule has 1 N–H and O–H groups in total. The molecule has 2 saturated heterocycles. The minimum Gasteiger partial charge on any atom is -0.387 e. The Morgan fingerprint density at radius 2 is 2.11 bits per heavy atom. The Labute approximate surface area is 122 Å². The number of thiophene rings is 1. The highest BCUT2D eigenvalue weighted by molar-refractivity contribution is 7.16. The normalized spacial score (nSPS) is 28.4. The third kappa shape index (κ3) is 2.98. The number of hydrogen-bond acceptors (Lipinski definition) is 4. The van der Waals surface area contributed by atoms with Gasteiger partial charge >= 0.3 is 0 Å². The molecule has 3 rings (SSSR count). The van der Waals surface area contributed by atoms with E-state index in [-0.39, 0.29) is 11.5 Å². The Kier molecular flexibility index (Phi) is 4.15. The van der Waals surface area contributed by atoms with E-state index in [1.807, 2.05) is 12.1 Å². The Morgan fingerprint density at radius 1 is 1.32 bits per heavy atom. The van der Waals surface area contributed by atoms with E-state index < -0.39 is 6.10 Å². The maximum atomic E-state index is 10.5. The molecule has 3 nitrogen and oxygen atoms in total. The first-order valence-corrected chi connectivity index (χ1v) is 8.03. The number of ether oxygens (including phenoxy) is 2. The molecule has 0 aliphatic carbocycles. The van der Waals surface area contributed by atoms with Crippen LogP contribution in [0.25, 0.3) is 0 Å². The summed E-state index contributed by atoms with van der Waals surface area (Å²) >= 11 is 7.43. The Balaban J connectivity index is 1.70. The molecule has 0 saturated carbocycles. The predicted octanol–water partition coefficient (Wildman–Crippen LogP) is 3.41. The molecule has 0 amide bonds. The van der Waals surface area contributed by atoms with Gasteiger partial charge in [-0.25, -0.2) is 0 Å². The van der Waals surface area contributed by atoms with Gasteiger partial charge in [-0.15, -0.1) is 11.3 Å². The third-order valence-corrected chi connectivity index (χ3v) is 5.57. The summed E-state index contributed by atoms with van der Waals surface area (Å²) in [7, 11) is 0. The van der Waals surface area contributed by atoms with Crippen LogP contribution in [0.3, 0.4) is 0 Å². The average Bonchev–Trinajstić information content (AvgIpc) is 2.85. The first-order chi connectivity index (χ1) is 9.19. The van der Waals surface area contributed by atoms with Crippen LogP contribution in [-0.4, -0.2) is 30.5 Å². The summed E-state index contributed by atoms with van der Waals surface area (Å²) in [6.45, 7) is 2.28. The fraction of sp³-hybridized carbons (Fsp3) is 0.714. The van der Waals surface area contributed by atoms with Crippen molar-refractivity contribution >= 4 is 22.9 Å². The van der Waals surface area contributed by atoms with Crippen molar-refractivity contribution in [2.24, 2.45) is 5.92 Å². The third-order valence-electron chi connectivity index (χ3n) is 4.27. The lowest BCUT2D eigenvalue weighted by molar-refractivity contribution is -0.158. The number of halogens is 1. The molecule has 2 unspecified atom stereocenters. The molecule has 2 aliphatic rings. The quantitative estimate of drug-likeness (QED) is 0.910. The largest absolute Gasteiger partial charge is 0.387 e. The van der Waals surface area contributed by atoms with Crippen LogP contribution < -0.4 is 0 Å². The highest BCUT2D eigenvalue weighted by Gasteiger charge is 2.41. The van der Waals surface area contributed by atoms with Gasteiger partial charge in [0.1, 0.15) is 0 Å². The van der Waals surface area contributed by atoms with E-state index in [1.165, 1.54) is 11.3 Å². The maximum Gasteiger partial charge on any atom is 0.0932 e. The summed E-state index contributed by atoms with van der Waals surface area (Å²) in [5.74, 6) is 0.265. The van der Waals surface area contributed by atoms with E-state index >= 15 is 0 Å². The highest BCUT2D eigenvalue weighted by Crippen LogP contribution is 2.43. The van der Waals surface area contributed by atoms with Crippen LogP contribution in [0.4, 0.5) is 0 Å². The van der Waals surface area contributed by atoms with Gasteiger partial charge < -0.3 is 14.6 Å². The highest BCUT2D eigenvalue weighted by atomic mass is 35.5. The van der Waals surface area contributed by atoms with Crippen LogP contribution in [0.1, 0.15) is 36.7 Å². The molecule has 0 bridgehead atoms. The minimum absolute atomic E-state index is 0.0663. The molecular weight excluding hydrogens is 284 g/mol. The Bertz CT molecular complexity index is 423. The lowest BCUT2D eigenvalue weighted by Crippen LogP contribution is -2.45. The smallest absolute Gasteiger partial charge is 0.0932 e. The summed E-state index contributed by atoms with van der Waals surface area (Å²) in [5, 5.41) is 10.5. The Hall–Kier alpha value is -0.130. The molecule has 1 aromatic heterocycles. The second kappa shape index (κ2) is 5.70. The van der Waals surface area contributed by atoms with Crippen LogP contribution in [0.5, 0.6) is 0 Å². The SMILES string of the molecule is OC(c1ccc(Cl)s1)C1CCOC2(CCOCC2)C1. The molecule has 1 aromatic rings. The lowest BCUT2D eigenvalue weighted by atomic mass is 9.78. The first kappa shape index (κ1) is 13.8. The van der Waals surface area contributed by atoms with E-state index in [0.717, 1.165) is 54.7 Å². The molecule has 0 radical (unpaired) electrons. The second-order valence-corrected chi connectivity index (χ2v) is 7.23. The zero-order chi connectivity index (χ0) is 13.3. The van der Waals surface area contributed by atoms with Crippen molar-refractivity contribution in [3.8, 4) is 0 Å². The number of aliphatic hydroxyl groups is 1. The van der Waals surface area contributed by atoms with E-state index in [4.69, 9.17) is 21.1 Å². The van der Waals surface area contributed by atoms with Crippen molar-refractivity contribution in [1.82, 2.24) is 0 Å². The van der Waals surface area contributed by atoms with Crippen LogP contribution >= 0.6 is 22.9 Å². The summed E-state index contributed by atoms with van der Waals surface area (Å²) in [5.41, 5.74) is -0.0663. The average molecular weight is 303 g/mol. The summed E-state index contributed by atoms with van der Waals surface area (Å²) < 4.78 is 12.2. The molecule has 2 atom stereocenters. The summed E-state index contributed by atoms with van der Waals surface area (Å²) in [6.07, 6.45) is 3.32. The van der Waals surface area contributed by atoms with Gasteiger partial charge in [-0.2, -0.15) is 0 Å². The number of hydrogen-bond donors (Lipinski definition) is 1. The van der Waals surface area contributed by atoms with E-state index in [9.17, 15) is 5.11 Å². The van der Waals surface area contributed by atoms with Crippen molar-refractivity contribution in [2.45, 2.75) is 37.4 Å². The molecule has 5 heteroatoms. The molecule has 2 fully saturated rings. The van der Waals surface area contributed by atoms with Crippen molar-refractivity contribution in [1.29, 1.82) is 0 Å². The minimum atomic E-state index is -0.416. The molecule has 19 heavy (non-hydrogen) atoms. The van der Waals surface area contributed by atoms with Crippen molar-refractivity contribution in [3.63, 3.8) is 0 Å². The monoisotopic (exact) mass is 302 g/mol. The van der Waals surface area contributed by atoms with Crippen molar-refractivity contribution < 1.29 is 14.6 Å². The fourth-order valence-corrected chi connectivity index (χ4v) is 4.29. The van der Waals surface area contributed by atoms with Crippen molar-refractivity contribution in [3.05, 3.63) is 21.3 Å². The van der Waals surface area contributed by atoms with Gasteiger partial charge in [-0.05, 0) is 43.7 Å². The maximum absolute atomic E-state index is 10.5. The lowest BCUT2D eigenvalue weighted by Gasteiger charge is -2.44. The molecule has 106 valence electrons. The van der Waals surface area contributed by atoms with Gasteiger partial charge in [0.05, 0.1) is 16.0 Å². The standard InChI is InChI=1S/C14H19ClO3S/c15-12-2-1-11(19-12)13(16)10-3-6-18-14(9-10)4-7-17-8-5-14/h1-2,10,13,16H,3-9H2. The number of rotatable bonds is 2. The zero-order valence-corrected chi connectivity index (χ0v) is 12.4. The molecule has 3 heterocycles. The molecular formula is C14H19ClO3S. The van der Waals surface area contributed by atoms with Crippen LogP contribution in [0.15, 0.2) is 12.1 Å². The Morgan fingerprint density at radius 3 is 2.79 bits per heavy atom. The fourth-order valence-electron chi connectivity index (χ4n) is 3.15.